The smallest absolute Gasteiger partial charge is 0.222 e. The van der Waals surface area contributed by atoms with E-state index in [4.69, 9.17) is 0 Å². The molecular weight excluding hydrogens is 282 g/mol. The van der Waals surface area contributed by atoms with E-state index in [2.05, 4.69) is 6.92 Å². The van der Waals surface area contributed by atoms with Crippen LogP contribution in [0.2, 0.25) is 0 Å². The van der Waals surface area contributed by atoms with Gasteiger partial charge in [-0.3, -0.25) is 9.59 Å². The highest BCUT2D eigenvalue weighted by Crippen LogP contribution is 2.23. The predicted octanol–water partition coefficient (Wildman–Crippen LogP) is 4.14. The summed E-state index contributed by atoms with van der Waals surface area (Å²) in [6.45, 7) is 3.81. The first-order valence-corrected chi connectivity index (χ1v) is 8.93. The fourth-order valence-electron chi connectivity index (χ4n) is 3.02. The average molecular weight is 307 g/mol. The maximum absolute atomic E-state index is 12.1. The van der Waals surface area contributed by atoms with Crippen molar-refractivity contribution in [3.8, 4) is 0 Å². The second-order valence-corrected chi connectivity index (χ2v) is 6.81. The number of hydrogen-bond acceptors (Lipinski definition) is 3. The van der Waals surface area contributed by atoms with Gasteiger partial charge in [-0.2, -0.15) is 0 Å². The summed E-state index contributed by atoms with van der Waals surface area (Å²) in [4.78, 5) is 26.9. The molecule has 0 bridgehead atoms. The number of carbonyl (C=O) groups is 2. The molecule has 2 heterocycles. The minimum absolute atomic E-state index is 0.205. The van der Waals surface area contributed by atoms with Crippen LogP contribution in [0.1, 0.15) is 61.5 Å². The lowest BCUT2D eigenvalue weighted by Gasteiger charge is -2.20. The first-order chi connectivity index (χ1) is 10.2. The van der Waals surface area contributed by atoms with Gasteiger partial charge in [0.15, 0.2) is 5.78 Å². The summed E-state index contributed by atoms with van der Waals surface area (Å²) in [5.74, 6) is 1.19. The number of nitrogens with zero attached hydrogens (tertiary/aromatic N) is 1. The molecule has 1 aliphatic heterocycles. The molecule has 0 N–H and O–H groups in total. The summed E-state index contributed by atoms with van der Waals surface area (Å²) < 4.78 is 0. The van der Waals surface area contributed by atoms with Gasteiger partial charge >= 0.3 is 0 Å². The second-order valence-electron chi connectivity index (χ2n) is 5.87. The van der Waals surface area contributed by atoms with Gasteiger partial charge in [0, 0.05) is 25.9 Å². The lowest BCUT2D eigenvalue weighted by atomic mass is 9.96. The van der Waals surface area contributed by atoms with Crippen LogP contribution in [-0.2, 0) is 4.79 Å². The molecule has 3 nitrogen and oxygen atoms in total. The van der Waals surface area contributed by atoms with E-state index < -0.39 is 0 Å². The molecule has 0 aromatic carbocycles. The average Bonchev–Trinajstić information content (AvgIpc) is 2.96. The Hall–Kier alpha value is -1.16. The molecule has 0 spiro atoms. The lowest BCUT2D eigenvalue weighted by molar-refractivity contribution is -0.130. The summed E-state index contributed by atoms with van der Waals surface area (Å²) >= 11 is 1.50. The van der Waals surface area contributed by atoms with Crippen LogP contribution in [0.25, 0.3) is 0 Å². The number of thiophene rings is 1. The first-order valence-electron chi connectivity index (χ1n) is 8.05. The maximum atomic E-state index is 12.1. The Balaban J connectivity index is 1.74. The Morgan fingerprint density at radius 3 is 3.00 bits per heavy atom. The van der Waals surface area contributed by atoms with Crippen molar-refractivity contribution >= 4 is 23.0 Å². The fourth-order valence-corrected chi connectivity index (χ4v) is 3.71. The van der Waals surface area contributed by atoms with Crippen LogP contribution in [0.4, 0.5) is 0 Å². The largest absolute Gasteiger partial charge is 0.343 e. The zero-order valence-electron chi connectivity index (χ0n) is 12.8. The molecule has 1 fully saturated rings. The summed E-state index contributed by atoms with van der Waals surface area (Å²) in [6.07, 6.45) is 6.61. The van der Waals surface area contributed by atoms with Crippen molar-refractivity contribution in [2.24, 2.45) is 5.92 Å². The minimum Gasteiger partial charge on any atom is -0.343 e. The Bertz CT molecular complexity index is 455. The molecule has 1 unspecified atom stereocenters. The summed E-state index contributed by atoms with van der Waals surface area (Å²) in [5.41, 5.74) is 0. The van der Waals surface area contributed by atoms with E-state index >= 15 is 0 Å². The fraction of sp³-hybridized carbons (Fsp3) is 0.647. The van der Waals surface area contributed by atoms with E-state index in [1.54, 1.807) is 0 Å². The number of amides is 1. The van der Waals surface area contributed by atoms with Crippen LogP contribution >= 0.6 is 11.3 Å². The highest BCUT2D eigenvalue weighted by atomic mass is 32.1. The van der Waals surface area contributed by atoms with Crippen LogP contribution in [0.15, 0.2) is 17.5 Å². The minimum atomic E-state index is 0.205. The Kier molecular flexibility index (Phi) is 6.43. The van der Waals surface area contributed by atoms with Crippen molar-refractivity contribution in [1.82, 2.24) is 4.90 Å². The topological polar surface area (TPSA) is 37.4 Å². The highest BCUT2D eigenvalue weighted by molar-refractivity contribution is 7.12. The maximum Gasteiger partial charge on any atom is 0.222 e. The molecule has 21 heavy (non-hydrogen) atoms. The van der Waals surface area contributed by atoms with Crippen LogP contribution in [0.5, 0.6) is 0 Å². The van der Waals surface area contributed by atoms with E-state index in [0.717, 1.165) is 37.2 Å². The Morgan fingerprint density at radius 1 is 1.43 bits per heavy atom. The van der Waals surface area contributed by atoms with Gasteiger partial charge in [0.25, 0.3) is 0 Å². The number of ketones is 1. The van der Waals surface area contributed by atoms with Gasteiger partial charge < -0.3 is 4.90 Å². The van der Waals surface area contributed by atoms with E-state index in [-0.39, 0.29) is 11.7 Å². The summed E-state index contributed by atoms with van der Waals surface area (Å²) in [6, 6.07) is 3.78. The zero-order valence-corrected chi connectivity index (χ0v) is 13.7. The quantitative estimate of drug-likeness (QED) is 0.710. The third-order valence-electron chi connectivity index (χ3n) is 4.25. The van der Waals surface area contributed by atoms with Crippen LogP contribution in [-0.4, -0.2) is 29.7 Å². The Morgan fingerprint density at radius 2 is 2.29 bits per heavy atom. The zero-order chi connectivity index (χ0) is 15.1. The molecule has 0 aliphatic carbocycles. The third kappa shape index (κ3) is 4.95. The molecule has 0 saturated carbocycles. The first kappa shape index (κ1) is 16.2. The van der Waals surface area contributed by atoms with Gasteiger partial charge in [0.1, 0.15) is 0 Å². The second kappa shape index (κ2) is 8.32. The lowest BCUT2D eigenvalue weighted by Crippen LogP contribution is -2.31. The van der Waals surface area contributed by atoms with E-state index in [0.29, 0.717) is 18.8 Å². The molecule has 4 heteroatoms. The van der Waals surface area contributed by atoms with Crippen LogP contribution < -0.4 is 0 Å². The van der Waals surface area contributed by atoms with E-state index in [1.165, 1.54) is 24.2 Å². The van der Waals surface area contributed by atoms with E-state index in [1.807, 2.05) is 22.4 Å². The van der Waals surface area contributed by atoms with Crippen molar-refractivity contribution in [3.05, 3.63) is 22.4 Å². The van der Waals surface area contributed by atoms with Crippen molar-refractivity contribution in [1.29, 1.82) is 0 Å². The van der Waals surface area contributed by atoms with Gasteiger partial charge in [-0.15, -0.1) is 11.3 Å². The number of likely N-dealkylation sites (tertiary alicyclic amines) is 1. The summed E-state index contributed by atoms with van der Waals surface area (Å²) in [5, 5.41) is 1.93. The van der Waals surface area contributed by atoms with Crippen molar-refractivity contribution < 1.29 is 9.59 Å². The molecule has 0 radical (unpaired) electrons. The van der Waals surface area contributed by atoms with Gasteiger partial charge in [-0.05, 0) is 36.6 Å². The monoisotopic (exact) mass is 307 g/mol. The Labute approximate surface area is 131 Å². The van der Waals surface area contributed by atoms with Crippen molar-refractivity contribution in [2.75, 3.05) is 13.1 Å². The molecule has 1 aromatic heterocycles. The highest BCUT2D eigenvalue weighted by Gasteiger charge is 2.21. The number of hydrogen-bond donors (Lipinski definition) is 0. The number of Topliss-reactive ketones (excluding diaryl/α,β-unsaturated/α-hetero) is 1. The standard InChI is InChI=1S/C17H25NO2S/c1-2-5-14-8-9-17(20)18(12-10-14)11-3-6-15(19)16-7-4-13-21-16/h4,7,13-14H,2-3,5-6,8-12H2,1H3. The van der Waals surface area contributed by atoms with Crippen molar-refractivity contribution in [2.45, 2.75) is 51.9 Å². The molecule has 116 valence electrons. The van der Waals surface area contributed by atoms with Gasteiger partial charge in [0.2, 0.25) is 5.91 Å². The molecule has 1 aliphatic rings. The predicted molar refractivity (Wildman–Crippen MR) is 86.7 cm³/mol. The van der Waals surface area contributed by atoms with Crippen LogP contribution in [0.3, 0.4) is 0 Å². The van der Waals surface area contributed by atoms with Gasteiger partial charge in [0.05, 0.1) is 4.88 Å². The molecule has 1 saturated heterocycles. The van der Waals surface area contributed by atoms with Crippen LogP contribution in [0, 0.1) is 5.92 Å². The number of carbonyl (C=O) groups excluding carboxylic acids is 2. The van der Waals surface area contributed by atoms with Gasteiger partial charge in [-0.1, -0.05) is 25.8 Å². The molecule has 1 amide bonds. The van der Waals surface area contributed by atoms with Gasteiger partial charge in [-0.25, -0.2) is 0 Å². The molecular formula is C17H25NO2S. The van der Waals surface area contributed by atoms with Crippen molar-refractivity contribution in [3.63, 3.8) is 0 Å². The third-order valence-corrected chi connectivity index (χ3v) is 5.16. The molecule has 1 atom stereocenters. The summed E-state index contributed by atoms with van der Waals surface area (Å²) in [7, 11) is 0. The molecule has 2 rings (SSSR count). The normalized spacial score (nSPS) is 19.6. The molecule has 1 aromatic rings. The SMILES string of the molecule is CCCC1CCC(=O)N(CCCC(=O)c2cccs2)CC1. The number of rotatable bonds is 7. The van der Waals surface area contributed by atoms with E-state index in [9.17, 15) is 9.59 Å².